The van der Waals surface area contributed by atoms with Crippen molar-refractivity contribution < 1.29 is 9.13 Å². The van der Waals surface area contributed by atoms with Crippen LogP contribution >= 0.6 is 11.6 Å². The maximum absolute atomic E-state index is 14.1. The molecule has 98 valence electrons. The second-order valence-corrected chi connectivity index (χ2v) is 5.75. The van der Waals surface area contributed by atoms with Crippen molar-refractivity contribution in [3.05, 3.63) is 34.6 Å². The van der Waals surface area contributed by atoms with Gasteiger partial charge >= 0.3 is 0 Å². The summed E-state index contributed by atoms with van der Waals surface area (Å²) in [5.41, 5.74) is 0.553. The molecule has 3 rings (SSSR count). The van der Waals surface area contributed by atoms with Crippen LogP contribution in [0.25, 0.3) is 0 Å². The summed E-state index contributed by atoms with van der Waals surface area (Å²) in [5.74, 6) is 0.279. The molecule has 1 atom stereocenters. The van der Waals surface area contributed by atoms with E-state index < -0.39 is 0 Å². The smallest absolute Gasteiger partial charge is 0.127 e. The van der Waals surface area contributed by atoms with E-state index in [4.69, 9.17) is 16.3 Å². The van der Waals surface area contributed by atoms with E-state index in [2.05, 4.69) is 5.32 Å². The zero-order valence-electron chi connectivity index (χ0n) is 10.2. The number of rotatable bonds is 2. The molecule has 0 saturated carbocycles. The standard InChI is InChI=1S/C14H17ClFNO/c15-11-3-4-13(16)12(6-11)14(8-18-9-14)10-2-1-5-17-7-10/h3-4,6,10,17H,1-2,5,7-9H2. The Labute approximate surface area is 111 Å². The summed E-state index contributed by atoms with van der Waals surface area (Å²) in [4.78, 5) is 0. The van der Waals surface area contributed by atoms with Crippen LogP contribution in [-0.2, 0) is 10.2 Å². The molecule has 2 aliphatic heterocycles. The molecule has 0 radical (unpaired) electrons. The van der Waals surface area contributed by atoms with Crippen LogP contribution in [0, 0.1) is 11.7 Å². The van der Waals surface area contributed by atoms with Crippen molar-refractivity contribution in [1.82, 2.24) is 5.32 Å². The van der Waals surface area contributed by atoms with E-state index in [1.807, 2.05) is 0 Å². The fraction of sp³-hybridized carbons (Fsp3) is 0.571. The average molecular weight is 270 g/mol. The van der Waals surface area contributed by atoms with Gasteiger partial charge in [-0.05, 0) is 50.0 Å². The predicted molar refractivity (Wildman–Crippen MR) is 69.5 cm³/mol. The summed E-state index contributed by atoms with van der Waals surface area (Å²) < 4.78 is 19.5. The van der Waals surface area contributed by atoms with Crippen LogP contribution in [0.1, 0.15) is 18.4 Å². The number of hydrogen-bond donors (Lipinski definition) is 1. The number of piperidine rings is 1. The molecule has 2 nitrogen and oxygen atoms in total. The molecule has 1 aromatic rings. The van der Waals surface area contributed by atoms with Crippen LogP contribution in [-0.4, -0.2) is 26.3 Å². The Kier molecular flexibility index (Phi) is 3.31. The largest absolute Gasteiger partial charge is 0.379 e. The van der Waals surface area contributed by atoms with Crippen LogP contribution in [0.15, 0.2) is 18.2 Å². The minimum atomic E-state index is -0.178. The molecule has 2 heterocycles. The lowest BCUT2D eigenvalue weighted by Gasteiger charge is -2.49. The zero-order chi connectivity index (χ0) is 12.6. The number of ether oxygens (including phenoxy) is 1. The van der Waals surface area contributed by atoms with Gasteiger partial charge in [-0.25, -0.2) is 4.39 Å². The molecule has 0 aromatic heterocycles. The van der Waals surface area contributed by atoms with Crippen molar-refractivity contribution >= 4 is 11.6 Å². The van der Waals surface area contributed by atoms with Gasteiger partial charge in [0.2, 0.25) is 0 Å². The predicted octanol–water partition coefficient (Wildman–Crippen LogP) is 2.75. The molecule has 1 N–H and O–H groups in total. The Bertz CT molecular complexity index is 441. The summed E-state index contributed by atoms with van der Waals surface area (Å²) >= 11 is 6.02. The van der Waals surface area contributed by atoms with Gasteiger partial charge in [-0.3, -0.25) is 0 Å². The topological polar surface area (TPSA) is 21.3 Å². The van der Waals surface area contributed by atoms with Crippen LogP contribution < -0.4 is 5.32 Å². The first kappa shape index (κ1) is 12.4. The van der Waals surface area contributed by atoms with Crippen LogP contribution in [0.4, 0.5) is 4.39 Å². The molecular formula is C14H17ClFNO. The monoisotopic (exact) mass is 269 g/mol. The van der Waals surface area contributed by atoms with Crippen molar-refractivity contribution in [2.45, 2.75) is 18.3 Å². The number of halogens is 2. The number of nitrogens with one attached hydrogen (secondary N) is 1. The molecule has 1 unspecified atom stereocenters. The number of hydrogen-bond acceptors (Lipinski definition) is 2. The first-order chi connectivity index (χ1) is 8.72. The van der Waals surface area contributed by atoms with Gasteiger partial charge in [-0.2, -0.15) is 0 Å². The highest BCUT2D eigenvalue weighted by atomic mass is 35.5. The highest BCUT2D eigenvalue weighted by Crippen LogP contribution is 2.43. The van der Waals surface area contributed by atoms with Crippen molar-refractivity contribution in [2.24, 2.45) is 5.92 Å². The lowest BCUT2D eigenvalue weighted by molar-refractivity contribution is -0.0963. The van der Waals surface area contributed by atoms with E-state index >= 15 is 0 Å². The highest BCUT2D eigenvalue weighted by Gasteiger charge is 2.48. The van der Waals surface area contributed by atoms with Crippen LogP contribution in [0.3, 0.4) is 0 Å². The Morgan fingerprint density at radius 3 is 2.83 bits per heavy atom. The Balaban J connectivity index is 1.97. The van der Waals surface area contributed by atoms with Gasteiger partial charge in [0.25, 0.3) is 0 Å². The van der Waals surface area contributed by atoms with Gasteiger partial charge in [-0.1, -0.05) is 11.6 Å². The Hall–Kier alpha value is -0.640. The van der Waals surface area contributed by atoms with E-state index in [1.54, 1.807) is 12.1 Å². The normalized spacial score (nSPS) is 26.7. The zero-order valence-corrected chi connectivity index (χ0v) is 11.0. The third-order valence-corrected chi connectivity index (χ3v) is 4.50. The highest BCUT2D eigenvalue weighted by molar-refractivity contribution is 6.30. The second-order valence-electron chi connectivity index (χ2n) is 5.32. The molecule has 2 aliphatic rings. The molecule has 0 amide bonds. The maximum atomic E-state index is 14.1. The molecule has 0 aliphatic carbocycles. The van der Waals surface area contributed by atoms with E-state index in [0.717, 1.165) is 31.5 Å². The summed E-state index contributed by atoms with van der Waals surface area (Å²) in [6.07, 6.45) is 2.27. The Morgan fingerprint density at radius 1 is 1.39 bits per heavy atom. The minimum absolute atomic E-state index is 0.159. The minimum Gasteiger partial charge on any atom is -0.379 e. The molecular weight excluding hydrogens is 253 g/mol. The maximum Gasteiger partial charge on any atom is 0.127 e. The fourth-order valence-electron chi connectivity index (χ4n) is 3.14. The quantitative estimate of drug-likeness (QED) is 0.891. The molecule has 18 heavy (non-hydrogen) atoms. The van der Waals surface area contributed by atoms with Gasteiger partial charge in [0, 0.05) is 16.0 Å². The third kappa shape index (κ3) is 1.94. The third-order valence-electron chi connectivity index (χ3n) is 4.26. The van der Waals surface area contributed by atoms with Gasteiger partial charge < -0.3 is 10.1 Å². The molecule has 1 aromatic carbocycles. The van der Waals surface area contributed by atoms with Gasteiger partial charge in [0.1, 0.15) is 5.82 Å². The first-order valence-corrected chi connectivity index (χ1v) is 6.84. The van der Waals surface area contributed by atoms with Crippen LogP contribution in [0.5, 0.6) is 0 Å². The molecule has 0 spiro atoms. The molecule has 0 bridgehead atoms. The summed E-state index contributed by atoms with van der Waals surface area (Å²) in [5, 5.41) is 4.00. The molecule has 2 fully saturated rings. The molecule has 4 heteroatoms. The van der Waals surface area contributed by atoms with Gasteiger partial charge in [0.15, 0.2) is 0 Å². The number of benzene rings is 1. The van der Waals surface area contributed by atoms with Gasteiger partial charge in [0.05, 0.1) is 13.2 Å². The van der Waals surface area contributed by atoms with Crippen LogP contribution in [0.2, 0.25) is 5.02 Å². The van der Waals surface area contributed by atoms with E-state index in [1.165, 1.54) is 6.07 Å². The Morgan fingerprint density at radius 2 is 2.22 bits per heavy atom. The average Bonchev–Trinajstić information content (AvgIpc) is 2.34. The molecule has 2 saturated heterocycles. The summed E-state index contributed by atoms with van der Waals surface area (Å²) in [7, 11) is 0. The van der Waals surface area contributed by atoms with Crippen molar-refractivity contribution in [3.8, 4) is 0 Å². The lowest BCUT2D eigenvalue weighted by atomic mass is 9.66. The van der Waals surface area contributed by atoms with Gasteiger partial charge in [-0.15, -0.1) is 0 Å². The summed E-state index contributed by atoms with van der Waals surface area (Å²) in [6, 6.07) is 4.84. The fourth-order valence-corrected chi connectivity index (χ4v) is 3.31. The first-order valence-electron chi connectivity index (χ1n) is 6.46. The lowest BCUT2D eigenvalue weighted by Crippen LogP contribution is -2.56. The van der Waals surface area contributed by atoms with Crippen molar-refractivity contribution in [2.75, 3.05) is 26.3 Å². The van der Waals surface area contributed by atoms with E-state index in [-0.39, 0.29) is 11.2 Å². The van der Waals surface area contributed by atoms with E-state index in [9.17, 15) is 4.39 Å². The SMILES string of the molecule is Fc1ccc(Cl)cc1C1(C2CCCNC2)COC1. The second kappa shape index (κ2) is 4.80. The summed E-state index contributed by atoms with van der Waals surface area (Å²) in [6.45, 7) is 3.22. The van der Waals surface area contributed by atoms with Crippen molar-refractivity contribution in [3.63, 3.8) is 0 Å². The van der Waals surface area contributed by atoms with Crippen molar-refractivity contribution in [1.29, 1.82) is 0 Å². The van der Waals surface area contributed by atoms with E-state index in [0.29, 0.717) is 24.2 Å².